The molecular formula is C7H6I2O. The molecule has 0 heterocycles. The van der Waals surface area contributed by atoms with Gasteiger partial charge in [-0.15, -0.1) is 0 Å². The predicted molar refractivity (Wildman–Crippen MR) is 58.3 cm³/mol. The fraction of sp³-hybridized carbons (Fsp3) is 0.143. The van der Waals surface area contributed by atoms with E-state index in [1.165, 1.54) is 5.56 Å². The number of phenolic OH excluding ortho intramolecular Hbond substituents is 1. The highest BCUT2D eigenvalue weighted by atomic mass is 127. The molecule has 0 saturated carbocycles. The van der Waals surface area contributed by atoms with Crippen LogP contribution in [-0.2, 0) is 0 Å². The van der Waals surface area contributed by atoms with E-state index in [0.717, 1.165) is 7.14 Å². The van der Waals surface area contributed by atoms with Gasteiger partial charge in [-0.2, -0.15) is 0 Å². The molecule has 0 radical (unpaired) electrons. The first-order valence-electron chi connectivity index (χ1n) is 2.76. The average Bonchev–Trinajstić information content (AvgIpc) is 1.82. The Morgan fingerprint density at radius 3 is 2.00 bits per heavy atom. The molecule has 3 heteroatoms. The lowest BCUT2D eigenvalue weighted by atomic mass is 10.2. The number of phenols is 1. The number of aromatic hydroxyl groups is 1. The van der Waals surface area contributed by atoms with Gasteiger partial charge in [0.2, 0.25) is 0 Å². The summed E-state index contributed by atoms with van der Waals surface area (Å²) >= 11 is 4.42. The molecule has 54 valence electrons. The van der Waals surface area contributed by atoms with Gasteiger partial charge in [0.25, 0.3) is 0 Å². The lowest BCUT2D eigenvalue weighted by molar-refractivity contribution is 0.474. The zero-order valence-electron chi connectivity index (χ0n) is 5.36. The van der Waals surface area contributed by atoms with Gasteiger partial charge in [-0.05, 0) is 69.8 Å². The maximum atomic E-state index is 9.11. The van der Waals surface area contributed by atoms with Gasteiger partial charge in [-0.1, -0.05) is 0 Å². The van der Waals surface area contributed by atoms with Crippen LogP contribution in [0.1, 0.15) is 5.56 Å². The zero-order chi connectivity index (χ0) is 7.72. The normalized spacial score (nSPS) is 9.90. The third-order valence-electron chi connectivity index (χ3n) is 1.27. The molecule has 0 spiro atoms. The number of halogens is 2. The molecule has 1 nitrogen and oxygen atoms in total. The molecule has 1 rings (SSSR count). The summed E-state index contributed by atoms with van der Waals surface area (Å²) in [6, 6.07) is 3.52. The van der Waals surface area contributed by atoms with E-state index >= 15 is 0 Å². The van der Waals surface area contributed by atoms with Crippen LogP contribution in [0.25, 0.3) is 0 Å². The highest BCUT2D eigenvalue weighted by Crippen LogP contribution is 2.23. The molecule has 0 unspecified atom stereocenters. The van der Waals surface area contributed by atoms with Gasteiger partial charge < -0.3 is 5.11 Å². The second-order valence-electron chi connectivity index (χ2n) is 2.03. The van der Waals surface area contributed by atoms with Gasteiger partial charge in [0.05, 0.1) is 0 Å². The molecule has 0 amide bonds. The fourth-order valence-corrected chi connectivity index (χ4v) is 2.37. The van der Waals surface area contributed by atoms with Crippen molar-refractivity contribution in [2.75, 3.05) is 0 Å². The second kappa shape index (κ2) is 3.25. The first kappa shape index (κ1) is 8.58. The standard InChI is InChI=1S/C7H6I2O/c1-4-6(8)2-5(10)3-7(4)9/h2-3,10H,1H3. The lowest BCUT2D eigenvalue weighted by Gasteiger charge is -2.01. The third-order valence-corrected chi connectivity index (χ3v) is 3.51. The van der Waals surface area contributed by atoms with E-state index in [-0.39, 0.29) is 0 Å². The molecule has 10 heavy (non-hydrogen) atoms. The number of hydrogen-bond donors (Lipinski definition) is 1. The van der Waals surface area contributed by atoms with Crippen LogP contribution in [0.15, 0.2) is 12.1 Å². The summed E-state index contributed by atoms with van der Waals surface area (Å²) in [5.41, 5.74) is 1.24. The second-order valence-corrected chi connectivity index (χ2v) is 4.36. The molecule has 0 saturated heterocycles. The van der Waals surface area contributed by atoms with E-state index in [9.17, 15) is 0 Å². The van der Waals surface area contributed by atoms with Crippen molar-refractivity contribution in [3.8, 4) is 5.75 Å². The minimum absolute atomic E-state index is 0.347. The minimum atomic E-state index is 0.347. The van der Waals surface area contributed by atoms with Gasteiger partial charge in [-0.25, -0.2) is 0 Å². The SMILES string of the molecule is Cc1c(I)cc(O)cc1I. The Labute approximate surface area is 87.1 Å². The van der Waals surface area contributed by atoms with E-state index in [2.05, 4.69) is 45.2 Å². The molecule has 0 aliphatic heterocycles. The molecule has 0 fully saturated rings. The Morgan fingerprint density at radius 1 is 1.20 bits per heavy atom. The summed E-state index contributed by atoms with van der Waals surface area (Å²) < 4.78 is 2.23. The molecule has 0 bridgehead atoms. The van der Waals surface area contributed by atoms with E-state index in [0.29, 0.717) is 5.75 Å². The van der Waals surface area contributed by atoms with E-state index in [1.54, 1.807) is 12.1 Å². The molecule has 1 aromatic rings. The fourth-order valence-electron chi connectivity index (χ4n) is 0.632. The molecular weight excluding hydrogens is 354 g/mol. The number of hydrogen-bond acceptors (Lipinski definition) is 1. The Hall–Kier alpha value is 0.480. The van der Waals surface area contributed by atoms with Crippen LogP contribution in [0.5, 0.6) is 5.75 Å². The molecule has 0 aliphatic rings. The molecule has 0 aliphatic carbocycles. The van der Waals surface area contributed by atoms with Crippen LogP contribution < -0.4 is 0 Å². The Morgan fingerprint density at radius 2 is 1.60 bits per heavy atom. The quantitative estimate of drug-likeness (QED) is 0.706. The van der Waals surface area contributed by atoms with Gasteiger partial charge in [0.1, 0.15) is 5.75 Å². The van der Waals surface area contributed by atoms with Crippen molar-refractivity contribution < 1.29 is 5.11 Å². The first-order chi connectivity index (χ1) is 4.61. The maximum Gasteiger partial charge on any atom is 0.117 e. The largest absolute Gasteiger partial charge is 0.508 e. The smallest absolute Gasteiger partial charge is 0.117 e. The molecule has 1 N–H and O–H groups in total. The van der Waals surface area contributed by atoms with Crippen LogP contribution in [-0.4, -0.2) is 5.11 Å². The number of benzene rings is 1. The molecule has 0 aromatic heterocycles. The summed E-state index contributed by atoms with van der Waals surface area (Å²) in [6.07, 6.45) is 0. The van der Waals surface area contributed by atoms with Crippen LogP contribution in [0, 0.1) is 14.1 Å². The van der Waals surface area contributed by atoms with Crippen molar-refractivity contribution in [3.63, 3.8) is 0 Å². The first-order valence-corrected chi connectivity index (χ1v) is 4.91. The summed E-state index contributed by atoms with van der Waals surface area (Å²) in [5, 5.41) is 9.11. The van der Waals surface area contributed by atoms with Crippen molar-refractivity contribution >= 4 is 45.2 Å². The van der Waals surface area contributed by atoms with Crippen molar-refractivity contribution in [2.45, 2.75) is 6.92 Å². The van der Waals surface area contributed by atoms with Crippen LogP contribution in [0.3, 0.4) is 0 Å². The van der Waals surface area contributed by atoms with Crippen LogP contribution >= 0.6 is 45.2 Å². The van der Waals surface area contributed by atoms with Crippen LogP contribution in [0.4, 0.5) is 0 Å². The van der Waals surface area contributed by atoms with Crippen molar-refractivity contribution in [2.24, 2.45) is 0 Å². The number of rotatable bonds is 0. The average molecular weight is 360 g/mol. The summed E-state index contributed by atoms with van der Waals surface area (Å²) in [5.74, 6) is 0.347. The maximum absolute atomic E-state index is 9.11. The summed E-state index contributed by atoms with van der Waals surface area (Å²) in [6.45, 7) is 2.04. The van der Waals surface area contributed by atoms with E-state index in [4.69, 9.17) is 5.11 Å². The van der Waals surface area contributed by atoms with E-state index in [1.807, 2.05) is 6.92 Å². The molecule has 0 atom stereocenters. The Balaban J connectivity index is 3.31. The van der Waals surface area contributed by atoms with Crippen molar-refractivity contribution in [1.82, 2.24) is 0 Å². The minimum Gasteiger partial charge on any atom is -0.508 e. The summed E-state index contributed by atoms with van der Waals surface area (Å²) in [7, 11) is 0. The highest BCUT2D eigenvalue weighted by molar-refractivity contribution is 14.1. The van der Waals surface area contributed by atoms with Crippen LogP contribution in [0.2, 0.25) is 0 Å². The monoisotopic (exact) mass is 360 g/mol. The Kier molecular flexibility index (Phi) is 2.79. The van der Waals surface area contributed by atoms with Gasteiger partial charge in [-0.3, -0.25) is 0 Å². The Bertz CT molecular complexity index is 235. The van der Waals surface area contributed by atoms with Crippen molar-refractivity contribution in [1.29, 1.82) is 0 Å². The predicted octanol–water partition coefficient (Wildman–Crippen LogP) is 2.91. The van der Waals surface area contributed by atoms with E-state index < -0.39 is 0 Å². The van der Waals surface area contributed by atoms with Crippen molar-refractivity contribution in [3.05, 3.63) is 24.8 Å². The molecule has 1 aromatic carbocycles. The van der Waals surface area contributed by atoms with Gasteiger partial charge in [0, 0.05) is 7.14 Å². The van der Waals surface area contributed by atoms with Gasteiger partial charge in [0.15, 0.2) is 0 Å². The zero-order valence-corrected chi connectivity index (χ0v) is 9.67. The van der Waals surface area contributed by atoms with Gasteiger partial charge >= 0.3 is 0 Å². The topological polar surface area (TPSA) is 20.2 Å². The highest BCUT2D eigenvalue weighted by Gasteiger charge is 2.00. The lowest BCUT2D eigenvalue weighted by Crippen LogP contribution is -1.83. The third kappa shape index (κ3) is 1.75. The summed E-state index contributed by atoms with van der Waals surface area (Å²) in [4.78, 5) is 0.